The Hall–Kier alpha value is -2.96. The molecular formula is C21H28N2O5. The summed E-state index contributed by atoms with van der Waals surface area (Å²) in [4.78, 5) is 28.0. The van der Waals surface area contributed by atoms with E-state index in [2.05, 4.69) is 10.3 Å². The number of carbonyl (C=O) groups is 2. The second-order valence-corrected chi connectivity index (χ2v) is 6.60. The number of aryl methyl sites for hydroxylation is 2. The van der Waals surface area contributed by atoms with Crippen LogP contribution in [0.1, 0.15) is 63.1 Å². The Bertz CT molecular complexity index is 885. The molecule has 0 radical (unpaired) electrons. The first-order chi connectivity index (χ1) is 13.2. The minimum Gasteiger partial charge on any atom is -0.493 e. The Morgan fingerprint density at radius 1 is 1.11 bits per heavy atom. The van der Waals surface area contributed by atoms with Crippen molar-refractivity contribution in [3.8, 4) is 11.5 Å². The molecule has 0 bridgehead atoms. The molecule has 2 rings (SSSR count). The highest BCUT2D eigenvalue weighted by Gasteiger charge is 2.24. The summed E-state index contributed by atoms with van der Waals surface area (Å²) < 4.78 is 15.8. The molecule has 0 saturated carbocycles. The molecule has 2 N–H and O–H groups in total. The number of methoxy groups -OCH3 is 2. The molecule has 1 aromatic heterocycles. The van der Waals surface area contributed by atoms with Crippen LogP contribution in [0.4, 0.5) is 0 Å². The molecule has 0 spiro atoms. The third kappa shape index (κ3) is 4.13. The fourth-order valence-corrected chi connectivity index (χ4v) is 3.30. The molecule has 152 valence electrons. The van der Waals surface area contributed by atoms with Crippen molar-refractivity contribution < 1.29 is 23.8 Å². The lowest BCUT2D eigenvalue weighted by molar-refractivity contribution is 0.0525. The molecule has 1 amide bonds. The van der Waals surface area contributed by atoms with Crippen LogP contribution < -0.4 is 14.8 Å². The van der Waals surface area contributed by atoms with Crippen LogP contribution >= 0.6 is 0 Å². The molecule has 0 aliphatic heterocycles. The standard InChI is InChI=1S/C21H28N2O5/c1-8-28-21(25)18-12(3)19(22-14(18)5)20(24)23-13(4)15-10-17(27-7)16(26-6)9-11(15)2/h9-10,13,22H,8H2,1-7H3,(H,23,24). The van der Waals surface area contributed by atoms with Gasteiger partial charge in [0.15, 0.2) is 11.5 Å². The number of benzene rings is 1. The zero-order valence-electron chi connectivity index (χ0n) is 17.5. The van der Waals surface area contributed by atoms with E-state index < -0.39 is 5.97 Å². The summed E-state index contributed by atoms with van der Waals surface area (Å²) in [6, 6.07) is 3.46. The van der Waals surface area contributed by atoms with Gasteiger partial charge in [-0.2, -0.15) is 0 Å². The molecule has 2 aromatic rings. The fourth-order valence-electron chi connectivity index (χ4n) is 3.30. The predicted molar refractivity (Wildman–Crippen MR) is 106 cm³/mol. The number of hydrogen-bond acceptors (Lipinski definition) is 5. The van der Waals surface area contributed by atoms with E-state index in [1.165, 1.54) is 0 Å². The summed E-state index contributed by atoms with van der Waals surface area (Å²) in [5, 5.41) is 2.98. The monoisotopic (exact) mass is 388 g/mol. The highest BCUT2D eigenvalue weighted by molar-refractivity contribution is 6.00. The van der Waals surface area contributed by atoms with Gasteiger partial charge in [-0.05, 0) is 63.4 Å². The maximum atomic E-state index is 12.8. The first kappa shape index (κ1) is 21.3. The van der Waals surface area contributed by atoms with E-state index in [0.29, 0.717) is 34.0 Å². The SMILES string of the molecule is CCOC(=O)c1c(C)[nH]c(C(=O)NC(C)c2cc(OC)c(OC)cc2C)c1C. The second-order valence-electron chi connectivity index (χ2n) is 6.60. The van der Waals surface area contributed by atoms with Gasteiger partial charge in [0.2, 0.25) is 0 Å². The van der Waals surface area contributed by atoms with Crippen molar-refractivity contribution in [3.63, 3.8) is 0 Å². The Kier molecular flexibility index (Phi) is 6.72. The van der Waals surface area contributed by atoms with Crippen molar-refractivity contribution in [2.24, 2.45) is 0 Å². The molecule has 28 heavy (non-hydrogen) atoms. The molecule has 0 aliphatic carbocycles. The lowest BCUT2D eigenvalue weighted by Gasteiger charge is -2.19. The molecule has 0 saturated heterocycles. The van der Waals surface area contributed by atoms with E-state index in [0.717, 1.165) is 11.1 Å². The zero-order valence-corrected chi connectivity index (χ0v) is 17.5. The quantitative estimate of drug-likeness (QED) is 0.707. The van der Waals surface area contributed by atoms with Crippen LogP contribution in [0.5, 0.6) is 11.5 Å². The second kappa shape index (κ2) is 8.82. The van der Waals surface area contributed by atoms with Gasteiger partial charge in [-0.15, -0.1) is 0 Å². The highest BCUT2D eigenvalue weighted by atomic mass is 16.5. The summed E-state index contributed by atoms with van der Waals surface area (Å²) in [5.74, 6) is 0.507. The number of hydrogen-bond donors (Lipinski definition) is 2. The van der Waals surface area contributed by atoms with Crippen molar-refractivity contribution in [1.82, 2.24) is 10.3 Å². The van der Waals surface area contributed by atoms with Crippen molar-refractivity contribution in [3.05, 3.63) is 45.8 Å². The minimum absolute atomic E-state index is 0.277. The summed E-state index contributed by atoms with van der Waals surface area (Å²) in [6.07, 6.45) is 0. The third-order valence-electron chi connectivity index (χ3n) is 4.73. The third-order valence-corrected chi connectivity index (χ3v) is 4.73. The van der Waals surface area contributed by atoms with Crippen molar-refractivity contribution in [1.29, 1.82) is 0 Å². The van der Waals surface area contributed by atoms with E-state index in [1.54, 1.807) is 35.0 Å². The molecule has 7 nitrogen and oxygen atoms in total. The van der Waals surface area contributed by atoms with Gasteiger partial charge in [0, 0.05) is 5.69 Å². The normalized spacial score (nSPS) is 11.7. The molecule has 1 heterocycles. The average molecular weight is 388 g/mol. The number of ether oxygens (including phenoxy) is 3. The Morgan fingerprint density at radius 3 is 2.29 bits per heavy atom. The smallest absolute Gasteiger partial charge is 0.340 e. The first-order valence-corrected chi connectivity index (χ1v) is 9.14. The molecule has 7 heteroatoms. The molecule has 0 fully saturated rings. The minimum atomic E-state index is -0.434. The zero-order chi connectivity index (χ0) is 21.0. The Morgan fingerprint density at radius 2 is 1.71 bits per heavy atom. The van der Waals surface area contributed by atoms with Crippen molar-refractivity contribution in [2.75, 3.05) is 20.8 Å². The number of rotatable bonds is 7. The fraction of sp³-hybridized carbons (Fsp3) is 0.429. The number of carbonyl (C=O) groups excluding carboxylic acids is 2. The van der Waals surface area contributed by atoms with Crippen molar-refractivity contribution in [2.45, 2.75) is 40.7 Å². The van der Waals surface area contributed by atoms with E-state index in [4.69, 9.17) is 14.2 Å². The van der Waals surface area contributed by atoms with Gasteiger partial charge in [-0.25, -0.2) is 4.79 Å². The molecule has 0 aliphatic rings. The largest absolute Gasteiger partial charge is 0.493 e. The maximum Gasteiger partial charge on any atom is 0.340 e. The summed E-state index contributed by atoms with van der Waals surface area (Å²) >= 11 is 0. The predicted octanol–water partition coefficient (Wildman–Crippen LogP) is 3.62. The van der Waals surface area contributed by atoms with E-state index in [9.17, 15) is 9.59 Å². The number of aromatic amines is 1. The highest BCUT2D eigenvalue weighted by Crippen LogP contribution is 2.33. The van der Waals surface area contributed by atoms with Crippen LogP contribution in [0.3, 0.4) is 0 Å². The number of esters is 1. The van der Waals surface area contributed by atoms with Crippen LogP contribution in [-0.4, -0.2) is 37.7 Å². The lowest BCUT2D eigenvalue weighted by Crippen LogP contribution is -2.28. The Labute approximate surface area is 165 Å². The average Bonchev–Trinajstić information content (AvgIpc) is 2.95. The molecule has 1 unspecified atom stereocenters. The maximum absolute atomic E-state index is 12.8. The van der Waals surface area contributed by atoms with Crippen LogP contribution in [-0.2, 0) is 4.74 Å². The van der Waals surface area contributed by atoms with Crippen LogP contribution in [0.2, 0.25) is 0 Å². The first-order valence-electron chi connectivity index (χ1n) is 9.14. The van der Waals surface area contributed by atoms with Gasteiger partial charge in [0.1, 0.15) is 5.69 Å². The summed E-state index contributed by atoms with van der Waals surface area (Å²) in [6.45, 7) is 9.34. The lowest BCUT2D eigenvalue weighted by atomic mass is 10.0. The van der Waals surface area contributed by atoms with Gasteiger partial charge in [0.05, 0.1) is 32.4 Å². The van der Waals surface area contributed by atoms with Crippen molar-refractivity contribution >= 4 is 11.9 Å². The van der Waals surface area contributed by atoms with Gasteiger partial charge >= 0.3 is 5.97 Å². The molecule has 1 aromatic carbocycles. The number of amides is 1. The van der Waals surface area contributed by atoms with Gasteiger partial charge < -0.3 is 24.5 Å². The number of nitrogens with one attached hydrogen (secondary N) is 2. The molecule has 1 atom stereocenters. The summed E-state index contributed by atoms with van der Waals surface area (Å²) in [7, 11) is 3.15. The molecular weight excluding hydrogens is 360 g/mol. The van der Waals surface area contributed by atoms with E-state index >= 15 is 0 Å². The van der Waals surface area contributed by atoms with E-state index in [1.807, 2.05) is 26.0 Å². The van der Waals surface area contributed by atoms with Gasteiger partial charge in [0.25, 0.3) is 5.91 Å². The van der Waals surface area contributed by atoms with Gasteiger partial charge in [-0.1, -0.05) is 0 Å². The van der Waals surface area contributed by atoms with Crippen LogP contribution in [0.25, 0.3) is 0 Å². The van der Waals surface area contributed by atoms with Gasteiger partial charge in [-0.3, -0.25) is 4.79 Å². The Balaban J connectivity index is 2.28. The van der Waals surface area contributed by atoms with Crippen LogP contribution in [0, 0.1) is 20.8 Å². The van der Waals surface area contributed by atoms with Crippen LogP contribution in [0.15, 0.2) is 12.1 Å². The summed E-state index contributed by atoms with van der Waals surface area (Å²) in [5.41, 5.74) is 3.82. The van der Waals surface area contributed by atoms with E-state index in [-0.39, 0.29) is 18.6 Å². The topological polar surface area (TPSA) is 89.7 Å². The number of H-pyrrole nitrogens is 1. The number of aromatic nitrogens is 1.